The van der Waals surface area contributed by atoms with Crippen molar-refractivity contribution in [1.82, 2.24) is 15.0 Å². The zero-order chi connectivity index (χ0) is 13.1. The number of hydrogen-bond donors (Lipinski definition) is 1. The molecule has 0 spiro atoms. The fraction of sp³-hybridized carbons (Fsp3) is 0.462. The van der Waals surface area contributed by atoms with Crippen LogP contribution in [-0.4, -0.2) is 26.1 Å². The fourth-order valence-electron chi connectivity index (χ4n) is 2.01. The third-order valence-electron chi connectivity index (χ3n) is 2.92. The number of nitrogens with zero attached hydrogens (tertiary/aromatic N) is 3. The second-order valence-corrected chi connectivity index (χ2v) is 4.83. The molecule has 0 radical (unpaired) electrons. The van der Waals surface area contributed by atoms with Crippen molar-refractivity contribution >= 4 is 17.0 Å². The largest absolute Gasteiger partial charge is 0.478 e. The highest BCUT2D eigenvalue weighted by Gasteiger charge is 2.14. The molecule has 1 aromatic carbocycles. The number of carbonyl (C=O) groups is 1. The lowest BCUT2D eigenvalue weighted by Crippen LogP contribution is -2.06. The first-order valence-electron chi connectivity index (χ1n) is 6.15. The maximum atomic E-state index is 11.2. The first kappa shape index (κ1) is 12.5. The lowest BCUT2D eigenvalue weighted by molar-refractivity contribution is 0.0698. The minimum atomic E-state index is -0.937. The molecule has 0 amide bonds. The van der Waals surface area contributed by atoms with E-state index in [0.717, 1.165) is 12.8 Å². The van der Waals surface area contributed by atoms with Crippen LogP contribution in [0.4, 0.5) is 0 Å². The van der Waals surface area contributed by atoms with Gasteiger partial charge in [0.05, 0.1) is 5.56 Å². The smallest absolute Gasteiger partial charge is 0.337 e. The van der Waals surface area contributed by atoms with E-state index in [4.69, 9.17) is 0 Å². The summed E-state index contributed by atoms with van der Waals surface area (Å²) in [4.78, 5) is 11.2. The molecule has 0 bridgehead atoms. The Morgan fingerprint density at radius 1 is 1.44 bits per heavy atom. The van der Waals surface area contributed by atoms with Crippen LogP contribution in [0.1, 0.15) is 37.0 Å². The van der Waals surface area contributed by atoms with Crippen LogP contribution in [0.5, 0.6) is 0 Å². The molecule has 0 fully saturated rings. The van der Waals surface area contributed by atoms with Gasteiger partial charge in [-0.15, -0.1) is 5.10 Å². The number of carboxylic acids is 1. The van der Waals surface area contributed by atoms with E-state index in [9.17, 15) is 9.90 Å². The van der Waals surface area contributed by atoms with Crippen LogP contribution >= 0.6 is 0 Å². The van der Waals surface area contributed by atoms with E-state index in [1.54, 1.807) is 22.9 Å². The van der Waals surface area contributed by atoms with Gasteiger partial charge in [0.15, 0.2) is 0 Å². The van der Waals surface area contributed by atoms with Gasteiger partial charge in [-0.3, -0.25) is 0 Å². The van der Waals surface area contributed by atoms with Crippen molar-refractivity contribution in [2.75, 3.05) is 0 Å². The van der Waals surface area contributed by atoms with Gasteiger partial charge in [-0.05, 0) is 30.9 Å². The van der Waals surface area contributed by atoms with E-state index in [2.05, 4.69) is 24.2 Å². The topological polar surface area (TPSA) is 68.0 Å². The lowest BCUT2D eigenvalue weighted by atomic mass is 10.1. The number of carboxylic acid groups (broad SMARTS) is 1. The van der Waals surface area contributed by atoms with E-state index >= 15 is 0 Å². The van der Waals surface area contributed by atoms with Crippen LogP contribution in [0, 0.1) is 5.92 Å². The molecular weight excluding hydrogens is 230 g/mol. The third-order valence-corrected chi connectivity index (χ3v) is 2.92. The Hall–Kier alpha value is -1.91. The minimum absolute atomic E-state index is 0.266. The average molecular weight is 247 g/mol. The summed E-state index contributed by atoms with van der Waals surface area (Å²) in [6.45, 7) is 5.04. The van der Waals surface area contributed by atoms with Crippen molar-refractivity contribution in [1.29, 1.82) is 0 Å². The molecule has 96 valence electrons. The van der Waals surface area contributed by atoms with Gasteiger partial charge < -0.3 is 5.11 Å². The summed E-state index contributed by atoms with van der Waals surface area (Å²) in [6, 6.07) is 5.07. The molecule has 1 aromatic heterocycles. The fourth-order valence-corrected chi connectivity index (χ4v) is 2.01. The van der Waals surface area contributed by atoms with Gasteiger partial charge in [0, 0.05) is 6.54 Å². The molecular formula is C13H17N3O2. The molecule has 0 aliphatic heterocycles. The molecule has 0 atom stereocenters. The highest BCUT2D eigenvalue weighted by molar-refractivity contribution is 6.00. The monoisotopic (exact) mass is 247 g/mol. The molecule has 1 heterocycles. The van der Waals surface area contributed by atoms with Gasteiger partial charge >= 0.3 is 5.97 Å². The van der Waals surface area contributed by atoms with E-state index < -0.39 is 5.97 Å². The zero-order valence-electron chi connectivity index (χ0n) is 10.6. The number of aryl methyl sites for hydroxylation is 1. The Bertz CT molecular complexity index is 560. The summed E-state index contributed by atoms with van der Waals surface area (Å²) in [7, 11) is 0. The predicted octanol–water partition coefficient (Wildman–Crippen LogP) is 2.57. The van der Waals surface area contributed by atoms with E-state index in [1.807, 2.05) is 0 Å². The summed E-state index contributed by atoms with van der Waals surface area (Å²) < 4.78 is 1.70. The number of rotatable bonds is 5. The third kappa shape index (κ3) is 2.50. The molecule has 0 aliphatic carbocycles. The van der Waals surface area contributed by atoms with Crippen LogP contribution in [-0.2, 0) is 6.54 Å². The average Bonchev–Trinajstić information content (AvgIpc) is 2.72. The molecule has 0 saturated heterocycles. The Labute approximate surface area is 105 Å². The van der Waals surface area contributed by atoms with Gasteiger partial charge in [-0.25, -0.2) is 9.48 Å². The van der Waals surface area contributed by atoms with Gasteiger partial charge in [0.2, 0.25) is 0 Å². The molecule has 5 heteroatoms. The number of para-hydroxylation sites is 1. The first-order valence-corrected chi connectivity index (χ1v) is 6.15. The van der Waals surface area contributed by atoms with Gasteiger partial charge in [-0.2, -0.15) is 0 Å². The number of hydrogen-bond acceptors (Lipinski definition) is 3. The summed E-state index contributed by atoms with van der Waals surface area (Å²) in [5.74, 6) is -0.299. The van der Waals surface area contributed by atoms with Crippen LogP contribution < -0.4 is 0 Å². The van der Waals surface area contributed by atoms with E-state index in [-0.39, 0.29) is 5.56 Å². The van der Waals surface area contributed by atoms with Crippen molar-refractivity contribution in [3.8, 4) is 0 Å². The van der Waals surface area contributed by atoms with E-state index in [0.29, 0.717) is 23.5 Å². The molecule has 2 rings (SSSR count). The summed E-state index contributed by atoms with van der Waals surface area (Å²) >= 11 is 0. The number of fused-ring (bicyclic) bond motifs is 1. The molecule has 0 saturated carbocycles. The SMILES string of the molecule is CC(C)CCCn1nnc2cccc(C(=O)O)c21. The van der Waals surface area contributed by atoms with E-state index in [1.165, 1.54) is 0 Å². The lowest BCUT2D eigenvalue weighted by Gasteiger charge is -2.06. The van der Waals surface area contributed by atoms with Crippen LogP contribution in [0.15, 0.2) is 18.2 Å². The van der Waals surface area contributed by atoms with Crippen molar-refractivity contribution in [2.24, 2.45) is 5.92 Å². The molecule has 0 unspecified atom stereocenters. The minimum Gasteiger partial charge on any atom is -0.478 e. The molecule has 2 aromatic rings. The van der Waals surface area contributed by atoms with Crippen molar-refractivity contribution in [3.63, 3.8) is 0 Å². The Kier molecular flexibility index (Phi) is 3.60. The van der Waals surface area contributed by atoms with Crippen LogP contribution in [0.3, 0.4) is 0 Å². The second-order valence-electron chi connectivity index (χ2n) is 4.83. The number of aromatic carboxylic acids is 1. The maximum absolute atomic E-state index is 11.2. The summed E-state index contributed by atoms with van der Waals surface area (Å²) in [6.07, 6.45) is 2.07. The summed E-state index contributed by atoms with van der Waals surface area (Å²) in [5.41, 5.74) is 1.52. The Morgan fingerprint density at radius 2 is 2.22 bits per heavy atom. The maximum Gasteiger partial charge on any atom is 0.337 e. The highest BCUT2D eigenvalue weighted by atomic mass is 16.4. The van der Waals surface area contributed by atoms with Crippen molar-refractivity contribution in [3.05, 3.63) is 23.8 Å². The van der Waals surface area contributed by atoms with Gasteiger partial charge in [-0.1, -0.05) is 25.1 Å². The van der Waals surface area contributed by atoms with Crippen LogP contribution in [0.2, 0.25) is 0 Å². The molecule has 18 heavy (non-hydrogen) atoms. The molecule has 1 N–H and O–H groups in total. The second kappa shape index (κ2) is 5.16. The van der Waals surface area contributed by atoms with Gasteiger partial charge in [0.1, 0.15) is 11.0 Å². The molecule has 5 nitrogen and oxygen atoms in total. The van der Waals surface area contributed by atoms with Crippen molar-refractivity contribution < 1.29 is 9.90 Å². The number of benzene rings is 1. The number of aromatic nitrogens is 3. The Morgan fingerprint density at radius 3 is 2.89 bits per heavy atom. The predicted molar refractivity (Wildman–Crippen MR) is 68.6 cm³/mol. The summed E-state index contributed by atoms with van der Waals surface area (Å²) in [5, 5.41) is 17.2. The van der Waals surface area contributed by atoms with Crippen LogP contribution in [0.25, 0.3) is 11.0 Å². The van der Waals surface area contributed by atoms with Crippen molar-refractivity contribution in [2.45, 2.75) is 33.2 Å². The van der Waals surface area contributed by atoms with Gasteiger partial charge in [0.25, 0.3) is 0 Å². The standard InChI is InChI=1S/C13H17N3O2/c1-9(2)5-4-8-16-12-10(13(17)18)6-3-7-11(12)14-15-16/h3,6-7,9H,4-5,8H2,1-2H3,(H,17,18). The normalized spacial score (nSPS) is 11.3. The first-order chi connectivity index (χ1) is 8.59. The highest BCUT2D eigenvalue weighted by Crippen LogP contribution is 2.17. The molecule has 0 aliphatic rings. The Balaban J connectivity index is 2.30. The quantitative estimate of drug-likeness (QED) is 0.881. The zero-order valence-corrected chi connectivity index (χ0v) is 10.6.